The molecule has 196 valence electrons. The number of rotatable bonds is 11. The second-order valence-electron chi connectivity index (χ2n) is 9.60. The van der Waals surface area contributed by atoms with Crippen LogP contribution >= 0.6 is 11.6 Å². The van der Waals surface area contributed by atoms with Gasteiger partial charge in [0.2, 0.25) is 21.8 Å². The van der Waals surface area contributed by atoms with E-state index in [-0.39, 0.29) is 30.8 Å². The van der Waals surface area contributed by atoms with Crippen LogP contribution in [0.4, 0.5) is 5.69 Å². The maximum Gasteiger partial charge on any atom is 0.242 e. The second kappa shape index (κ2) is 12.6. The van der Waals surface area contributed by atoms with Gasteiger partial charge in [-0.1, -0.05) is 60.3 Å². The summed E-state index contributed by atoms with van der Waals surface area (Å²) in [6, 6.07) is 14.0. The van der Waals surface area contributed by atoms with Crippen LogP contribution in [0.3, 0.4) is 0 Å². The Morgan fingerprint density at radius 3 is 2.44 bits per heavy atom. The Morgan fingerprint density at radius 1 is 1.11 bits per heavy atom. The number of amides is 2. The zero-order valence-electron chi connectivity index (χ0n) is 21.2. The quantitative estimate of drug-likeness (QED) is 0.454. The monoisotopic (exact) mass is 533 g/mol. The minimum Gasteiger partial charge on any atom is -0.352 e. The molecule has 0 aliphatic heterocycles. The van der Waals surface area contributed by atoms with Gasteiger partial charge in [-0.15, -0.1) is 0 Å². The number of nitrogens with zero attached hydrogens (tertiary/aromatic N) is 2. The lowest BCUT2D eigenvalue weighted by atomic mass is 10.1. The first kappa shape index (κ1) is 28.0. The van der Waals surface area contributed by atoms with Gasteiger partial charge in [0.15, 0.2) is 0 Å². The summed E-state index contributed by atoms with van der Waals surface area (Å²) in [5, 5.41) is 3.53. The third-order valence-electron chi connectivity index (χ3n) is 6.55. The van der Waals surface area contributed by atoms with Crippen LogP contribution in [0, 0.1) is 6.92 Å². The van der Waals surface area contributed by atoms with Gasteiger partial charge in [-0.3, -0.25) is 13.9 Å². The number of nitrogens with one attached hydrogen (secondary N) is 1. The zero-order valence-corrected chi connectivity index (χ0v) is 22.8. The molecule has 0 unspecified atom stereocenters. The molecule has 1 fully saturated rings. The molecule has 1 saturated carbocycles. The topological polar surface area (TPSA) is 86.8 Å². The molecule has 3 rings (SSSR count). The van der Waals surface area contributed by atoms with Gasteiger partial charge in [0.25, 0.3) is 0 Å². The number of anilines is 1. The fourth-order valence-electron chi connectivity index (χ4n) is 4.62. The van der Waals surface area contributed by atoms with Crippen LogP contribution in [0.15, 0.2) is 48.5 Å². The predicted molar refractivity (Wildman–Crippen MR) is 144 cm³/mol. The number of carbonyl (C=O) groups is 2. The SMILES string of the molecule is Cc1cccc(CN(C(=O)CCCN(c2cccc(Cl)c2)S(C)(=O)=O)[C@@H](C)C(=O)NC2CCCC2)c1. The van der Waals surface area contributed by atoms with Crippen LogP contribution in [0.25, 0.3) is 0 Å². The first-order chi connectivity index (χ1) is 17.0. The molecule has 0 saturated heterocycles. The van der Waals surface area contributed by atoms with Crippen molar-refractivity contribution in [2.75, 3.05) is 17.1 Å². The maximum absolute atomic E-state index is 13.4. The van der Waals surface area contributed by atoms with E-state index in [0.717, 1.165) is 43.1 Å². The highest BCUT2D eigenvalue weighted by atomic mass is 35.5. The molecule has 2 amide bonds. The molecule has 2 aromatic carbocycles. The summed E-state index contributed by atoms with van der Waals surface area (Å²) in [6.07, 6.45) is 5.70. The molecular weight excluding hydrogens is 498 g/mol. The van der Waals surface area contributed by atoms with Crippen molar-refractivity contribution >= 4 is 39.1 Å². The highest BCUT2D eigenvalue weighted by Crippen LogP contribution is 2.23. The van der Waals surface area contributed by atoms with Crippen molar-refractivity contribution < 1.29 is 18.0 Å². The molecule has 0 radical (unpaired) electrons. The lowest BCUT2D eigenvalue weighted by Gasteiger charge is -2.30. The summed E-state index contributed by atoms with van der Waals surface area (Å²) in [5.74, 6) is -0.343. The summed E-state index contributed by atoms with van der Waals surface area (Å²) in [6.45, 7) is 4.18. The smallest absolute Gasteiger partial charge is 0.242 e. The molecule has 9 heteroatoms. The van der Waals surface area contributed by atoms with Gasteiger partial charge >= 0.3 is 0 Å². The van der Waals surface area contributed by atoms with Gasteiger partial charge in [0.1, 0.15) is 6.04 Å². The first-order valence-corrected chi connectivity index (χ1v) is 14.7. The summed E-state index contributed by atoms with van der Waals surface area (Å²) in [5.41, 5.74) is 2.48. The molecule has 0 heterocycles. The Bertz CT molecular complexity index is 1170. The molecule has 1 aliphatic carbocycles. The molecule has 2 aromatic rings. The van der Waals surface area contributed by atoms with Crippen LogP contribution in [0.2, 0.25) is 5.02 Å². The van der Waals surface area contributed by atoms with Crippen LogP contribution in [0.1, 0.15) is 56.6 Å². The molecule has 7 nitrogen and oxygen atoms in total. The molecule has 0 aromatic heterocycles. The summed E-state index contributed by atoms with van der Waals surface area (Å²) < 4.78 is 26.1. The minimum atomic E-state index is -3.56. The van der Waals surface area contributed by atoms with Gasteiger partial charge in [-0.05, 0) is 56.9 Å². The van der Waals surface area contributed by atoms with Crippen molar-refractivity contribution in [3.63, 3.8) is 0 Å². The highest BCUT2D eigenvalue weighted by Gasteiger charge is 2.28. The molecule has 36 heavy (non-hydrogen) atoms. The number of sulfonamides is 1. The lowest BCUT2D eigenvalue weighted by Crippen LogP contribution is -2.49. The number of carbonyl (C=O) groups excluding carboxylic acids is 2. The molecule has 1 atom stereocenters. The van der Waals surface area contributed by atoms with Gasteiger partial charge in [-0.2, -0.15) is 0 Å². The van der Waals surface area contributed by atoms with Gasteiger partial charge in [-0.25, -0.2) is 8.42 Å². The van der Waals surface area contributed by atoms with Crippen molar-refractivity contribution in [2.45, 2.75) is 71.0 Å². The van der Waals surface area contributed by atoms with Crippen molar-refractivity contribution in [1.82, 2.24) is 10.2 Å². The van der Waals surface area contributed by atoms with Crippen LogP contribution in [-0.2, 0) is 26.2 Å². The average molecular weight is 534 g/mol. The second-order valence-corrected chi connectivity index (χ2v) is 11.9. The fraction of sp³-hybridized carbons (Fsp3) is 0.481. The van der Waals surface area contributed by atoms with Crippen molar-refractivity contribution in [3.05, 3.63) is 64.7 Å². The highest BCUT2D eigenvalue weighted by molar-refractivity contribution is 7.92. The lowest BCUT2D eigenvalue weighted by molar-refractivity contribution is -0.141. The third-order valence-corrected chi connectivity index (χ3v) is 7.98. The summed E-state index contributed by atoms with van der Waals surface area (Å²) in [4.78, 5) is 28.0. The van der Waals surface area contributed by atoms with Crippen LogP contribution in [-0.4, -0.2) is 50.0 Å². The number of aryl methyl sites for hydroxylation is 1. The van der Waals surface area contributed by atoms with Gasteiger partial charge in [0, 0.05) is 30.6 Å². The van der Waals surface area contributed by atoms with Crippen LogP contribution in [0.5, 0.6) is 0 Å². The van der Waals surface area contributed by atoms with E-state index in [1.807, 2.05) is 31.2 Å². The third kappa shape index (κ3) is 7.96. The Hall–Kier alpha value is -2.58. The van der Waals surface area contributed by atoms with Crippen LogP contribution < -0.4 is 9.62 Å². The summed E-state index contributed by atoms with van der Waals surface area (Å²) >= 11 is 6.06. The number of hydrogen-bond acceptors (Lipinski definition) is 4. The number of hydrogen-bond donors (Lipinski definition) is 1. The van der Waals surface area contributed by atoms with E-state index in [0.29, 0.717) is 23.7 Å². The Morgan fingerprint density at radius 2 is 1.81 bits per heavy atom. The van der Waals surface area contributed by atoms with Crippen molar-refractivity contribution in [1.29, 1.82) is 0 Å². The Balaban J connectivity index is 1.72. The van der Waals surface area contributed by atoms with Crippen molar-refractivity contribution in [2.24, 2.45) is 0 Å². The minimum absolute atomic E-state index is 0.111. The van der Waals surface area contributed by atoms with E-state index >= 15 is 0 Å². The average Bonchev–Trinajstić information content (AvgIpc) is 3.32. The van der Waals surface area contributed by atoms with E-state index < -0.39 is 16.1 Å². The van der Waals surface area contributed by atoms with E-state index in [1.54, 1.807) is 36.1 Å². The fourth-order valence-corrected chi connectivity index (χ4v) is 5.76. The Labute approximate surface area is 219 Å². The largest absolute Gasteiger partial charge is 0.352 e. The van der Waals surface area contributed by atoms with Gasteiger partial charge in [0.05, 0.1) is 11.9 Å². The molecule has 0 spiro atoms. The van der Waals surface area contributed by atoms with Crippen molar-refractivity contribution in [3.8, 4) is 0 Å². The molecule has 1 N–H and O–H groups in total. The summed E-state index contributed by atoms with van der Waals surface area (Å²) in [7, 11) is -3.56. The van der Waals surface area contributed by atoms with E-state index in [1.165, 1.54) is 4.31 Å². The predicted octanol–water partition coefficient (Wildman–Crippen LogP) is 4.67. The zero-order chi connectivity index (χ0) is 26.3. The molecule has 1 aliphatic rings. The molecule has 0 bridgehead atoms. The standard InChI is InChI=1S/C27H36ClN3O4S/c1-20-9-6-10-22(17-20)19-30(21(2)27(33)29-24-12-4-5-13-24)26(32)15-8-16-31(36(3,34)35)25-14-7-11-23(28)18-25/h6-7,9-11,14,17-18,21,24H,4-5,8,12-13,15-16,19H2,1-3H3,(H,29,33)/t21-/m0/s1. The van der Waals surface area contributed by atoms with E-state index in [4.69, 9.17) is 11.6 Å². The van der Waals surface area contributed by atoms with E-state index in [9.17, 15) is 18.0 Å². The normalized spacial score (nSPS) is 14.9. The molecular formula is C27H36ClN3O4S. The van der Waals surface area contributed by atoms with Gasteiger partial charge < -0.3 is 10.2 Å². The maximum atomic E-state index is 13.4. The number of benzene rings is 2. The Kier molecular flexibility index (Phi) is 9.79. The van der Waals surface area contributed by atoms with E-state index in [2.05, 4.69) is 5.32 Å². The first-order valence-electron chi connectivity index (χ1n) is 12.4. The number of halogens is 1.